The Bertz CT molecular complexity index is 937. The third kappa shape index (κ3) is 4.59. The van der Waals surface area contributed by atoms with Crippen molar-refractivity contribution in [3.63, 3.8) is 0 Å². The first-order chi connectivity index (χ1) is 12.9. The highest BCUT2D eigenvalue weighted by molar-refractivity contribution is 7.13. The highest BCUT2D eigenvalue weighted by atomic mass is 32.1. The summed E-state index contributed by atoms with van der Waals surface area (Å²) in [6, 6.07) is 7.38. The van der Waals surface area contributed by atoms with Gasteiger partial charge in [0.05, 0.1) is 30.3 Å². The van der Waals surface area contributed by atoms with E-state index in [1.807, 2.05) is 61.6 Å². The van der Waals surface area contributed by atoms with Crippen molar-refractivity contribution in [2.24, 2.45) is 0 Å². The van der Waals surface area contributed by atoms with Crippen LogP contribution in [0.5, 0.6) is 0 Å². The van der Waals surface area contributed by atoms with Gasteiger partial charge in [-0.1, -0.05) is 12.1 Å². The number of thiazole rings is 1. The third-order valence-electron chi connectivity index (χ3n) is 3.85. The molecule has 8 heteroatoms. The second-order valence-electron chi connectivity index (χ2n) is 6.44. The van der Waals surface area contributed by atoms with E-state index in [9.17, 15) is 4.79 Å². The molecule has 7 nitrogen and oxygen atoms in total. The number of nitrogens with zero attached hydrogens (tertiary/aromatic N) is 5. The molecule has 3 rings (SSSR count). The maximum Gasteiger partial charge on any atom is 0.251 e. The lowest BCUT2D eigenvalue weighted by Crippen LogP contribution is -2.23. The number of nitrogens with one attached hydrogen (secondary N) is 1. The smallest absolute Gasteiger partial charge is 0.251 e. The van der Waals surface area contributed by atoms with Gasteiger partial charge < -0.3 is 15.1 Å². The normalized spacial score (nSPS) is 10.5. The fraction of sp³-hybridized carbons (Fsp3) is 0.263. The van der Waals surface area contributed by atoms with E-state index in [4.69, 9.17) is 0 Å². The fourth-order valence-electron chi connectivity index (χ4n) is 2.39. The maximum atomic E-state index is 12.5. The van der Waals surface area contributed by atoms with Crippen LogP contribution in [-0.4, -0.2) is 49.0 Å². The van der Waals surface area contributed by atoms with Crippen LogP contribution < -0.4 is 15.1 Å². The number of amides is 1. The van der Waals surface area contributed by atoms with E-state index in [0.717, 1.165) is 27.9 Å². The zero-order chi connectivity index (χ0) is 19.4. The van der Waals surface area contributed by atoms with Crippen molar-refractivity contribution in [1.29, 1.82) is 0 Å². The Morgan fingerprint density at radius 3 is 2.63 bits per heavy atom. The molecular weight excluding hydrogens is 360 g/mol. The number of carbonyl (C=O) groups excluding carboxylic acids is 1. The van der Waals surface area contributed by atoms with E-state index in [2.05, 4.69) is 20.3 Å². The topological polar surface area (TPSA) is 74.2 Å². The summed E-state index contributed by atoms with van der Waals surface area (Å²) in [6.07, 6.45) is 3.40. The summed E-state index contributed by atoms with van der Waals surface area (Å²) in [5, 5.41) is 5.79. The first kappa shape index (κ1) is 18.8. The van der Waals surface area contributed by atoms with E-state index in [-0.39, 0.29) is 5.91 Å². The Morgan fingerprint density at radius 1 is 1.11 bits per heavy atom. The van der Waals surface area contributed by atoms with Gasteiger partial charge in [-0.2, -0.15) is 0 Å². The summed E-state index contributed by atoms with van der Waals surface area (Å²) in [6.45, 7) is 0.392. The Balaban J connectivity index is 1.72. The van der Waals surface area contributed by atoms with Gasteiger partial charge in [0.2, 0.25) is 0 Å². The minimum atomic E-state index is -0.145. The zero-order valence-electron chi connectivity index (χ0n) is 15.8. The molecule has 0 unspecified atom stereocenters. The van der Waals surface area contributed by atoms with Crippen molar-refractivity contribution in [2.75, 3.05) is 38.0 Å². The van der Waals surface area contributed by atoms with Crippen LogP contribution in [0.3, 0.4) is 0 Å². The quantitative estimate of drug-likeness (QED) is 0.707. The molecule has 0 radical (unpaired) electrons. The van der Waals surface area contributed by atoms with Crippen LogP contribution in [0.2, 0.25) is 0 Å². The predicted octanol–water partition coefficient (Wildman–Crippen LogP) is 2.66. The lowest BCUT2D eigenvalue weighted by Gasteiger charge is -2.12. The highest BCUT2D eigenvalue weighted by Crippen LogP contribution is 2.20. The lowest BCUT2D eigenvalue weighted by atomic mass is 10.1. The van der Waals surface area contributed by atoms with Crippen molar-refractivity contribution < 1.29 is 4.79 Å². The number of anilines is 2. The van der Waals surface area contributed by atoms with Crippen molar-refractivity contribution in [2.45, 2.75) is 6.54 Å². The van der Waals surface area contributed by atoms with Crippen molar-refractivity contribution in [3.05, 3.63) is 53.3 Å². The summed E-state index contributed by atoms with van der Waals surface area (Å²) >= 11 is 1.55. The Hall–Kier alpha value is -3.00. The summed E-state index contributed by atoms with van der Waals surface area (Å²) in [5.74, 6) is 0.621. The molecule has 0 spiro atoms. The number of hydrogen-bond acceptors (Lipinski definition) is 7. The number of benzene rings is 1. The SMILES string of the molecule is CN(C)c1cncc(-c2cccc(C(=O)NCc3csc(N(C)C)n3)c2)n1. The van der Waals surface area contributed by atoms with E-state index in [1.165, 1.54) is 0 Å². The first-order valence-corrected chi connectivity index (χ1v) is 9.31. The molecule has 2 aromatic heterocycles. The van der Waals surface area contributed by atoms with Crippen molar-refractivity contribution in [1.82, 2.24) is 20.3 Å². The Kier molecular flexibility index (Phi) is 5.66. The summed E-state index contributed by atoms with van der Waals surface area (Å²) in [4.78, 5) is 29.6. The van der Waals surface area contributed by atoms with E-state index in [0.29, 0.717) is 12.1 Å². The van der Waals surface area contributed by atoms with Gasteiger partial charge in [-0.25, -0.2) is 9.97 Å². The molecule has 0 fully saturated rings. The molecular formula is C19H22N6OS. The summed E-state index contributed by atoms with van der Waals surface area (Å²) < 4.78 is 0. The van der Waals surface area contributed by atoms with Gasteiger partial charge in [0, 0.05) is 44.7 Å². The molecule has 3 aromatic rings. The van der Waals surface area contributed by atoms with E-state index < -0.39 is 0 Å². The molecule has 2 heterocycles. The second-order valence-corrected chi connectivity index (χ2v) is 7.27. The molecule has 1 N–H and O–H groups in total. The van der Waals surface area contributed by atoms with Gasteiger partial charge in [0.15, 0.2) is 5.13 Å². The largest absolute Gasteiger partial charge is 0.361 e. The van der Waals surface area contributed by atoms with E-state index >= 15 is 0 Å². The average Bonchev–Trinajstić information content (AvgIpc) is 3.16. The minimum absolute atomic E-state index is 0.145. The molecule has 0 aliphatic carbocycles. The molecule has 27 heavy (non-hydrogen) atoms. The fourth-order valence-corrected chi connectivity index (χ4v) is 3.14. The molecule has 0 saturated heterocycles. The van der Waals surface area contributed by atoms with Gasteiger partial charge in [-0.3, -0.25) is 9.78 Å². The van der Waals surface area contributed by atoms with Crippen molar-refractivity contribution >= 4 is 28.2 Å². The average molecular weight is 382 g/mol. The molecule has 0 saturated carbocycles. The molecule has 0 aliphatic rings. The van der Waals surface area contributed by atoms with Crippen LogP contribution in [0.25, 0.3) is 11.3 Å². The molecule has 1 aromatic carbocycles. The third-order valence-corrected chi connectivity index (χ3v) is 4.91. The van der Waals surface area contributed by atoms with Crippen LogP contribution in [0.4, 0.5) is 10.9 Å². The monoisotopic (exact) mass is 382 g/mol. The summed E-state index contributed by atoms with van der Waals surface area (Å²) in [7, 11) is 7.72. The molecule has 0 bridgehead atoms. The molecule has 140 valence electrons. The van der Waals surface area contributed by atoms with Crippen LogP contribution in [-0.2, 0) is 6.54 Å². The number of rotatable bonds is 6. The van der Waals surface area contributed by atoms with Crippen molar-refractivity contribution in [3.8, 4) is 11.3 Å². The highest BCUT2D eigenvalue weighted by Gasteiger charge is 2.10. The first-order valence-electron chi connectivity index (χ1n) is 8.44. The number of carbonyl (C=O) groups is 1. The second kappa shape index (κ2) is 8.13. The van der Waals surface area contributed by atoms with Gasteiger partial charge in [0.1, 0.15) is 5.82 Å². The molecule has 1 amide bonds. The minimum Gasteiger partial charge on any atom is -0.361 e. The number of aromatic nitrogens is 3. The van der Waals surface area contributed by atoms with Gasteiger partial charge in [-0.05, 0) is 12.1 Å². The zero-order valence-corrected chi connectivity index (χ0v) is 16.6. The van der Waals surface area contributed by atoms with Crippen LogP contribution in [0, 0.1) is 0 Å². The van der Waals surface area contributed by atoms with Gasteiger partial charge in [-0.15, -0.1) is 11.3 Å². The van der Waals surface area contributed by atoms with Crippen LogP contribution in [0.15, 0.2) is 42.0 Å². The lowest BCUT2D eigenvalue weighted by molar-refractivity contribution is 0.0950. The predicted molar refractivity (Wildman–Crippen MR) is 109 cm³/mol. The maximum absolute atomic E-state index is 12.5. The van der Waals surface area contributed by atoms with Crippen LogP contribution in [0.1, 0.15) is 16.1 Å². The van der Waals surface area contributed by atoms with E-state index in [1.54, 1.807) is 29.8 Å². The molecule has 0 aliphatic heterocycles. The Morgan fingerprint density at radius 2 is 1.93 bits per heavy atom. The summed E-state index contributed by atoms with van der Waals surface area (Å²) in [5.41, 5.74) is 3.00. The van der Waals surface area contributed by atoms with Gasteiger partial charge >= 0.3 is 0 Å². The standard InChI is InChI=1S/C19H22N6OS/c1-24(2)17-11-20-10-16(23-17)13-6-5-7-14(8-13)18(26)21-9-15-12-27-19(22-15)25(3)4/h5-8,10-12H,9H2,1-4H3,(H,21,26). The molecule has 0 atom stereocenters. The van der Waals surface area contributed by atoms with Crippen LogP contribution >= 0.6 is 11.3 Å². The Labute approximate surface area is 162 Å². The van der Waals surface area contributed by atoms with Gasteiger partial charge in [0.25, 0.3) is 5.91 Å². The number of hydrogen-bond donors (Lipinski definition) is 1.